The highest BCUT2D eigenvalue weighted by Crippen LogP contribution is 2.39. The highest BCUT2D eigenvalue weighted by atomic mass is 35.5. The molecule has 0 saturated heterocycles. The molecule has 0 bridgehead atoms. The summed E-state index contributed by atoms with van der Waals surface area (Å²) in [6, 6.07) is 17.4. The van der Waals surface area contributed by atoms with E-state index >= 15 is 0 Å². The standard InChI is InChI=1S/C23H20Cl2F3NO/c24-17-8-6-16(7-9-17)22(30)14-29-12-11-15-5-10-19(21(25)13-15)18-3-1-2-4-20(18)23(26,27)28/h1-10,13,22,29-30H,11-12,14H2. The van der Waals surface area contributed by atoms with Gasteiger partial charge in [-0.1, -0.05) is 65.7 Å². The van der Waals surface area contributed by atoms with E-state index in [0.717, 1.165) is 17.2 Å². The lowest BCUT2D eigenvalue weighted by atomic mass is 9.97. The Morgan fingerprint density at radius 1 is 0.900 bits per heavy atom. The lowest BCUT2D eigenvalue weighted by molar-refractivity contribution is -0.137. The van der Waals surface area contributed by atoms with Crippen LogP contribution in [0.25, 0.3) is 11.1 Å². The van der Waals surface area contributed by atoms with Gasteiger partial charge in [0.1, 0.15) is 0 Å². The average molecular weight is 454 g/mol. The van der Waals surface area contributed by atoms with Crippen LogP contribution in [0.3, 0.4) is 0 Å². The van der Waals surface area contributed by atoms with Gasteiger partial charge >= 0.3 is 6.18 Å². The lowest BCUT2D eigenvalue weighted by Gasteiger charge is -2.15. The van der Waals surface area contributed by atoms with Crippen molar-refractivity contribution in [3.63, 3.8) is 0 Å². The summed E-state index contributed by atoms with van der Waals surface area (Å²) in [7, 11) is 0. The summed E-state index contributed by atoms with van der Waals surface area (Å²) in [6.45, 7) is 0.950. The molecule has 0 aliphatic carbocycles. The van der Waals surface area contributed by atoms with Crippen molar-refractivity contribution in [2.75, 3.05) is 13.1 Å². The largest absolute Gasteiger partial charge is 0.417 e. The molecule has 0 spiro atoms. The second-order valence-corrected chi connectivity index (χ2v) is 7.72. The number of hydrogen-bond donors (Lipinski definition) is 2. The van der Waals surface area contributed by atoms with Gasteiger partial charge in [-0.2, -0.15) is 13.2 Å². The monoisotopic (exact) mass is 453 g/mol. The van der Waals surface area contributed by atoms with Gasteiger partial charge in [0, 0.05) is 22.2 Å². The second kappa shape index (κ2) is 9.84. The van der Waals surface area contributed by atoms with Crippen molar-refractivity contribution in [3.05, 3.63) is 93.5 Å². The molecule has 7 heteroatoms. The number of halogens is 5. The molecule has 3 aromatic carbocycles. The van der Waals surface area contributed by atoms with Crippen LogP contribution in [0.1, 0.15) is 22.8 Å². The van der Waals surface area contributed by atoms with Gasteiger partial charge < -0.3 is 10.4 Å². The summed E-state index contributed by atoms with van der Waals surface area (Å²) < 4.78 is 39.8. The molecule has 30 heavy (non-hydrogen) atoms. The SMILES string of the molecule is OC(CNCCc1ccc(-c2ccccc2C(F)(F)F)c(Cl)c1)c1ccc(Cl)cc1. The highest BCUT2D eigenvalue weighted by Gasteiger charge is 2.33. The molecule has 0 aromatic heterocycles. The fourth-order valence-electron chi connectivity index (χ4n) is 3.17. The van der Waals surface area contributed by atoms with Gasteiger partial charge in [0.2, 0.25) is 0 Å². The van der Waals surface area contributed by atoms with Gasteiger partial charge in [-0.05, 0) is 53.9 Å². The molecule has 1 atom stereocenters. The van der Waals surface area contributed by atoms with Crippen LogP contribution in [0.5, 0.6) is 0 Å². The molecule has 0 aliphatic rings. The predicted octanol–water partition coefficient (Wildman–Crippen LogP) is 6.54. The van der Waals surface area contributed by atoms with Crippen molar-refractivity contribution in [1.29, 1.82) is 0 Å². The summed E-state index contributed by atoms with van der Waals surface area (Å²) in [5.41, 5.74) is 1.35. The van der Waals surface area contributed by atoms with Crippen LogP contribution in [-0.4, -0.2) is 18.2 Å². The molecule has 0 radical (unpaired) electrons. The lowest BCUT2D eigenvalue weighted by Crippen LogP contribution is -2.23. The molecule has 0 heterocycles. The van der Waals surface area contributed by atoms with Crippen LogP contribution >= 0.6 is 23.2 Å². The van der Waals surface area contributed by atoms with Crippen LogP contribution in [0.15, 0.2) is 66.7 Å². The van der Waals surface area contributed by atoms with E-state index < -0.39 is 17.8 Å². The zero-order valence-electron chi connectivity index (χ0n) is 15.9. The third kappa shape index (κ3) is 5.76. The van der Waals surface area contributed by atoms with Gasteiger partial charge in [-0.15, -0.1) is 0 Å². The van der Waals surface area contributed by atoms with E-state index in [4.69, 9.17) is 23.2 Å². The first-order valence-electron chi connectivity index (χ1n) is 9.35. The van der Waals surface area contributed by atoms with Crippen LogP contribution in [0.2, 0.25) is 10.0 Å². The topological polar surface area (TPSA) is 32.3 Å². The van der Waals surface area contributed by atoms with Gasteiger partial charge in [-0.25, -0.2) is 0 Å². The Bertz CT molecular complexity index is 990. The van der Waals surface area contributed by atoms with E-state index in [-0.39, 0.29) is 10.6 Å². The first-order valence-corrected chi connectivity index (χ1v) is 10.1. The zero-order chi connectivity index (χ0) is 21.7. The third-order valence-corrected chi connectivity index (χ3v) is 5.30. The van der Waals surface area contributed by atoms with Crippen LogP contribution < -0.4 is 5.32 Å². The zero-order valence-corrected chi connectivity index (χ0v) is 17.4. The predicted molar refractivity (Wildman–Crippen MR) is 115 cm³/mol. The van der Waals surface area contributed by atoms with Gasteiger partial charge in [0.25, 0.3) is 0 Å². The Kier molecular flexibility index (Phi) is 7.42. The van der Waals surface area contributed by atoms with E-state index in [1.54, 1.807) is 48.5 Å². The third-order valence-electron chi connectivity index (χ3n) is 4.74. The molecule has 3 rings (SSSR count). The maximum absolute atomic E-state index is 13.3. The van der Waals surface area contributed by atoms with Gasteiger partial charge in [-0.3, -0.25) is 0 Å². The quantitative estimate of drug-likeness (QED) is 0.397. The van der Waals surface area contributed by atoms with Crippen molar-refractivity contribution in [2.24, 2.45) is 0 Å². The summed E-state index contributed by atoms with van der Waals surface area (Å²) in [6.07, 6.45) is -4.49. The highest BCUT2D eigenvalue weighted by molar-refractivity contribution is 6.33. The minimum Gasteiger partial charge on any atom is -0.387 e. The molecule has 2 nitrogen and oxygen atoms in total. The summed E-state index contributed by atoms with van der Waals surface area (Å²) in [5.74, 6) is 0. The van der Waals surface area contributed by atoms with Crippen molar-refractivity contribution in [3.8, 4) is 11.1 Å². The minimum absolute atomic E-state index is 0.0609. The Labute approximate surface area is 183 Å². The Balaban J connectivity index is 1.61. The first kappa shape index (κ1) is 22.6. The first-order chi connectivity index (χ1) is 14.3. The number of nitrogens with one attached hydrogen (secondary N) is 1. The number of aliphatic hydroxyl groups excluding tert-OH is 1. The molecular formula is C23H20Cl2F3NO. The van der Waals surface area contributed by atoms with E-state index in [9.17, 15) is 18.3 Å². The summed E-state index contributed by atoms with van der Waals surface area (Å²) >= 11 is 12.1. The second-order valence-electron chi connectivity index (χ2n) is 6.88. The number of aliphatic hydroxyl groups is 1. The fraction of sp³-hybridized carbons (Fsp3) is 0.217. The molecule has 2 N–H and O–H groups in total. The molecule has 1 unspecified atom stereocenters. The van der Waals surface area contributed by atoms with Crippen LogP contribution in [0, 0.1) is 0 Å². The Hall–Kier alpha value is -2.05. The summed E-state index contributed by atoms with van der Waals surface area (Å²) in [4.78, 5) is 0. The van der Waals surface area contributed by atoms with E-state index in [1.165, 1.54) is 12.1 Å². The molecule has 0 amide bonds. The maximum atomic E-state index is 13.3. The van der Waals surface area contributed by atoms with Crippen LogP contribution in [0.4, 0.5) is 13.2 Å². The molecule has 0 aliphatic heterocycles. The van der Waals surface area contributed by atoms with Gasteiger partial charge in [0.05, 0.1) is 11.7 Å². The van der Waals surface area contributed by atoms with E-state index in [0.29, 0.717) is 30.1 Å². The fourth-order valence-corrected chi connectivity index (χ4v) is 3.60. The number of rotatable bonds is 7. The smallest absolute Gasteiger partial charge is 0.387 e. The van der Waals surface area contributed by atoms with Crippen molar-refractivity contribution < 1.29 is 18.3 Å². The number of benzene rings is 3. The molecule has 158 valence electrons. The van der Waals surface area contributed by atoms with Gasteiger partial charge in [0.15, 0.2) is 0 Å². The minimum atomic E-state index is -4.45. The van der Waals surface area contributed by atoms with Crippen molar-refractivity contribution in [2.45, 2.75) is 18.7 Å². The summed E-state index contributed by atoms with van der Waals surface area (Å²) in [5, 5.41) is 14.2. The molecule has 0 fully saturated rings. The van der Waals surface area contributed by atoms with Crippen molar-refractivity contribution in [1.82, 2.24) is 5.32 Å². The van der Waals surface area contributed by atoms with E-state index in [1.807, 2.05) is 0 Å². The number of alkyl halides is 3. The normalized spacial score (nSPS) is 12.7. The Morgan fingerprint density at radius 3 is 2.27 bits per heavy atom. The molecule has 0 saturated carbocycles. The Morgan fingerprint density at radius 2 is 1.60 bits per heavy atom. The molecular weight excluding hydrogens is 434 g/mol. The maximum Gasteiger partial charge on any atom is 0.417 e. The van der Waals surface area contributed by atoms with Crippen molar-refractivity contribution >= 4 is 23.2 Å². The number of hydrogen-bond acceptors (Lipinski definition) is 2. The molecule has 3 aromatic rings. The van der Waals surface area contributed by atoms with E-state index in [2.05, 4.69) is 5.32 Å². The van der Waals surface area contributed by atoms with Crippen LogP contribution in [-0.2, 0) is 12.6 Å². The average Bonchev–Trinajstić information content (AvgIpc) is 2.71.